The predicted octanol–water partition coefficient (Wildman–Crippen LogP) is 1.90. The maximum Gasteiger partial charge on any atom is 0.350 e. The summed E-state index contributed by atoms with van der Waals surface area (Å²) in [5, 5.41) is 5.28. The smallest absolute Gasteiger partial charge is 0.350 e. The number of rotatable bonds is 4. The second-order valence-corrected chi connectivity index (χ2v) is 7.27. The first-order valence-electron chi connectivity index (χ1n) is 9.05. The zero-order valence-electron chi connectivity index (χ0n) is 16.0. The first-order valence-corrected chi connectivity index (χ1v) is 9.05. The van der Waals surface area contributed by atoms with Gasteiger partial charge in [0.05, 0.1) is 5.41 Å². The molecule has 1 aromatic carbocycles. The van der Waals surface area contributed by atoms with Crippen LogP contribution in [0.5, 0.6) is 0 Å². The SMILES string of the molecule is CCC1(c2ccc(NC=C3C(=O)OC(C)(C)OC3=O)cc2)CCC(=O)NC1=O. The lowest BCUT2D eigenvalue weighted by Gasteiger charge is -2.35. The topological polar surface area (TPSA) is 111 Å². The normalized spacial score (nSPS) is 24.2. The number of imide groups is 1. The van der Waals surface area contributed by atoms with Crippen LogP contribution in [-0.2, 0) is 34.1 Å². The van der Waals surface area contributed by atoms with E-state index in [-0.39, 0.29) is 17.4 Å². The quantitative estimate of drug-likeness (QED) is 0.352. The Morgan fingerprint density at radius 1 is 1.07 bits per heavy atom. The summed E-state index contributed by atoms with van der Waals surface area (Å²) in [6.45, 7) is 4.86. The molecule has 8 heteroatoms. The molecule has 1 atom stereocenters. The summed E-state index contributed by atoms with van der Waals surface area (Å²) in [5.41, 5.74) is 0.434. The van der Waals surface area contributed by atoms with Crippen LogP contribution < -0.4 is 10.6 Å². The molecule has 0 aliphatic carbocycles. The van der Waals surface area contributed by atoms with Crippen LogP contribution in [0.25, 0.3) is 0 Å². The molecule has 0 bridgehead atoms. The van der Waals surface area contributed by atoms with Gasteiger partial charge in [0.1, 0.15) is 0 Å². The van der Waals surface area contributed by atoms with Crippen molar-refractivity contribution in [1.29, 1.82) is 0 Å². The molecule has 2 N–H and O–H groups in total. The summed E-state index contributed by atoms with van der Waals surface area (Å²) in [6, 6.07) is 7.05. The van der Waals surface area contributed by atoms with E-state index in [4.69, 9.17) is 9.47 Å². The second kappa shape index (κ2) is 7.10. The lowest BCUT2D eigenvalue weighted by Crippen LogP contribution is -2.51. The first-order chi connectivity index (χ1) is 13.2. The van der Waals surface area contributed by atoms with Gasteiger partial charge in [-0.1, -0.05) is 19.1 Å². The Morgan fingerprint density at radius 3 is 2.21 bits per heavy atom. The Bertz CT molecular complexity index is 849. The number of esters is 2. The van der Waals surface area contributed by atoms with E-state index in [1.54, 1.807) is 24.3 Å². The van der Waals surface area contributed by atoms with Gasteiger partial charge in [-0.15, -0.1) is 0 Å². The van der Waals surface area contributed by atoms with Crippen molar-refractivity contribution in [3.05, 3.63) is 41.6 Å². The van der Waals surface area contributed by atoms with Crippen molar-refractivity contribution in [3.63, 3.8) is 0 Å². The predicted molar refractivity (Wildman–Crippen MR) is 98.8 cm³/mol. The summed E-state index contributed by atoms with van der Waals surface area (Å²) in [5.74, 6) is -3.36. The van der Waals surface area contributed by atoms with Crippen molar-refractivity contribution in [2.45, 2.75) is 51.2 Å². The van der Waals surface area contributed by atoms with E-state index < -0.39 is 23.1 Å². The van der Waals surface area contributed by atoms with E-state index in [0.717, 1.165) is 5.56 Å². The van der Waals surface area contributed by atoms with Crippen LogP contribution in [0.4, 0.5) is 5.69 Å². The number of ether oxygens (including phenoxy) is 2. The molecule has 2 heterocycles. The Balaban J connectivity index is 1.76. The Kier molecular flexibility index (Phi) is 4.97. The molecule has 2 aliphatic heterocycles. The minimum atomic E-state index is -1.29. The maximum atomic E-state index is 12.4. The van der Waals surface area contributed by atoms with Crippen LogP contribution in [0.15, 0.2) is 36.0 Å². The summed E-state index contributed by atoms with van der Waals surface area (Å²) < 4.78 is 10.1. The van der Waals surface area contributed by atoms with Crippen LogP contribution in [-0.4, -0.2) is 29.5 Å². The molecule has 28 heavy (non-hydrogen) atoms. The highest BCUT2D eigenvalue weighted by Crippen LogP contribution is 2.36. The standard InChI is InChI=1S/C20H22N2O6/c1-4-20(10-9-15(23)22-18(20)26)12-5-7-13(8-6-12)21-11-14-16(24)27-19(2,3)28-17(14)25/h5-8,11,21H,4,9-10H2,1-3H3,(H,22,23,26). The third-order valence-corrected chi connectivity index (χ3v) is 5.01. The third kappa shape index (κ3) is 3.62. The van der Waals surface area contributed by atoms with E-state index in [1.165, 1.54) is 20.0 Å². The highest BCUT2D eigenvalue weighted by molar-refractivity contribution is 6.15. The first kappa shape index (κ1) is 19.6. The van der Waals surface area contributed by atoms with E-state index in [2.05, 4.69) is 10.6 Å². The van der Waals surface area contributed by atoms with Gasteiger partial charge in [-0.05, 0) is 30.5 Å². The van der Waals surface area contributed by atoms with Crippen LogP contribution >= 0.6 is 0 Å². The molecule has 1 aromatic rings. The van der Waals surface area contributed by atoms with Crippen molar-refractivity contribution >= 4 is 29.4 Å². The average molecular weight is 386 g/mol. The number of carbonyl (C=O) groups excluding carboxylic acids is 4. The summed E-state index contributed by atoms with van der Waals surface area (Å²) >= 11 is 0. The largest absolute Gasteiger partial charge is 0.419 e. The van der Waals surface area contributed by atoms with Crippen LogP contribution in [0.3, 0.4) is 0 Å². The number of piperidine rings is 1. The highest BCUT2D eigenvalue weighted by atomic mass is 16.7. The lowest BCUT2D eigenvalue weighted by atomic mass is 9.72. The fraction of sp³-hybridized carbons (Fsp3) is 0.400. The summed E-state index contributed by atoms with van der Waals surface area (Å²) in [6.07, 6.45) is 2.55. The van der Waals surface area contributed by atoms with Gasteiger partial charge in [0, 0.05) is 32.2 Å². The number of cyclic esters (lactones) is 2. The van der Waals surface area contributed by atoms with Crippen molar-refractivity contribution in [1.82, 2.24) is 5.32 Å². The van der Waals surface area contributed by atoms with Crippen molar-refractivity contribution < 1.29 is 28.7 Å². The average Bonchev–Trinajstić information content (AvgIpc) is 2.61. The van der Waals surface area contributed by atoms with E-state index in [0.29, 0.717) is 24.9 Å². The molecule has 1 unspecified atom stereocenters. The zero-order chi connectivity index (χ0) is 20.5. The Hall–Kier alpha value is -3.16. The van der Waals surface area contributed by atoms with Gasteiger partial charge in [0.15, 0.2) is 5.57 Å². The summed E-state index contributed by atoms with van der Waals surface area (Å²) in [7, 11) is 0. The van der Waals surface area contributed by atoms with E-state index in [9.17, 15) is 19.2 Å². The van der Waals surface area contributed by atoms with Crippen molar-refractivity contribution in [2.75, 3.05) is 5.32 Å². The van der Waals surface area contributed by atoms with Crippen molar-refractivity contribution in [3.8, 4) is 0 Å². The van der Waals surface area contributed by atoms with Crippen LogP contribution in [0, 0.1) is 0 Å². The second-order valence-electron chi connectivity index (χ2n) is 7.27. The molecule has 8 nitrogen and oxygen atoms in total. The van der Waals surface area contributed by atoms with Gasteiger partial charge >= 0.3 is 11.9 Å². The number of nitrogens with one attached hydrogen (secondary N) is 2. The number of anilines is 1. The van der Waals surface area contributed by atoms with Crippen molar-refractivity contribution in [2.24, 2.45) is 0 Å². The molecule has 2 aliphatic rings. The number of benzene rings is 1. The molecule has 2 saturated heterocycles. The van der Waals surface area contributed by atoms with Gasteiger partial charge < -0.3 is 14.8 Å². The van der Waals surface area contributed by atoms with Gasteiger partial charge in [-0.25, -0.2) is 9.59 Å². The molecule has 2 fully saturated rings. The lowest BCUT2D eigenvalue weighted by molar-refractivity contribution is -0.222. The van der Waals surface area contributed by atoms with Gasteiger partial charge in [0.25, 0.3) is 5.79 Å². The number of carbonyl (C=O) groups is 4. The molecule has 148 valence electrons. The monoisotopic (exact) mass is 386 g/mol. The van der Waals surface area contributed by atoms with Gasteiger partial charge in [-0.2, -0.15) is 0 Å². The third-order valence-electron chi connectivity index (χ3n) is 5.01. The highest BCUT2D eigenvalue weighted by Gasteiger charge is 2.42. The van der Waals surface area contributed by atoms with Gasteiger partial charge in [0.2, 0.25) is 11.8 Å². The molecule has 0 spiro atoms. The molecular weight excluding hydrogens is 364 g/mol. The molecule has 0 saturated carbocycles. The number of hydrogen-bond donors (Lipinski definition) is 2. The molecule has 0 aromatic heterocycles. The zero-order valence-corrected chi connectivity index (χ0v) is 16.0. The fourth-order valence-electron chi connectivity index (χ4n) is 3.39. The number of hydrogen-bond acceptors (Lipinski definition) is 7. The fourth-order valence-corrected chi connectivity index (χ4v) is 3.39. The minimum absolute atomic E-state index is 0.237. The summed E-state index contributed by atoms with van der Waals surface area (Å²) in [4.78, 5) is 47.8. The van der Waals surface area contributed by atoms with Crippen LogP contribution in [0.1, 0.15) is 45.6 Å². The molecule has 3 rings (SSSR count). The van der Waals surface area contributed by atoms with Gasteiger partial charge in [-0.3, -0.25) is 14.9 Å². The van der Waals surface area contributed by atoms with Crippen LogP contribution in [0.2, 0.25) is 0 Å². The molecular formula is C20H22N2O6. The Morgan fingerprint density at radius 2 is 1.68 bits per heavy atom. The van der Waals surface area contributed by atoms with E-state index >= 15 is 0 Å². The minimum Gasteiger partial charge on any atom is -0.419 e. The van der Waals surface area contributed by atoms with E-state index in [1.807, 2.05) is 6.92 Å². The number of amides is 2. The Labute approximate surface area is 162 Å². The molecule has 0 radical (unpaired) electrons. The molecule has 2 amide bonds. The maximum absolute atomic E-state index is 12.4.